The van der Waals surface area contributed by atoms with Gasteiger partial charge in [0.1, 0.15) is 5.75 Å². The predicted octanol–water partition coefficient (Wildman–Crippen LogP) is 4.08. The third-order valence-corrected chi connectivity index (χ3v) is 4.46. The molecule has 1 saturated heterocycles. The Bertz CT molecular complexity index is 791. The first kappa shape index (κ1) is 18.5. The summed E-state index contributed by atoms with van der Waals surface area (Å²) in [6.07, 6.45) is 4.59. The van der Waals surface area contributed by atoms with Crippen LogP contribution in [0.3, 0.4) is 0 Å². The fourth-order valence-corrected chi connectivity index (χ4v) is 3.01. The van der Waals surface area contributed by atoms with Gasteiger partial charge in [-0.2, -0.15) is 0 Å². The van der Waals surface area contributed by atoms with Crippen molar-refractivity contribution in [3.63, 3.8) is 0 Å². The number of rotatable bonds is 6. The van der Waals surface area contributed by atoms with Crippen molar-refractivity contribution in [2.24, 2.45) is 0 Å². The molecule has 0 spiro atoms. The van der Waals surface area contributed by atoms with Crippen LogP contribution in [0.4, 0.5) is 11.6 Å². The first-order valence-corrected chi connectivity index (χ1v) is 9.28. The molecule has 1 fully saturated rings. The molecule has 1 N–H and O–H groups in total. The largest absolute Gasteiger partial charge is 0.491 e. The van der Waals surface area contributed by atoms with Gasteiger partial charge in [-0.15, -0.1) is 0 Å². The van der Waals surface area contributed by atoms with Crippen LogP contribution >= 0.6 is 11.6 Å². The summed E-state index contributed by atoms with van der Waals surface area (Å²) in [6, 6.07) is 5.66. The maximum atomic E-state index is 12.8. The van der Waals surface area contributed by atoms with Gasteiger partial charge in [0.25, 0.3) is 5.91 Å². The molecule has 6 nitrogen and oxygen atoms in total. The van der Waals surface area contributed by atoms with Gasteiger partial charge in [-0.3, -0.25) is 4.79 Å². The van der Waals surface area contributed by atoms with Crippen LogP contribution < -0.4 is 15.0 Å². The molecule has 26 heavy (non-hydrogen) atoms. The first-order chi connectivity index (χ1) is 12.6. The number of nitrogens with zero attached hydrogens (tertiary/aromatic N) is 3. The van der Waals surface area contributed by atoms with Crippen LogP contribution in [0, 0.1) is 6.92 Å². The van der Waals surface area contributed by atoms with Crippen molar-refractivity contribution in [1.29, 1.82) is 0 Å². The number of hydrogen-bond acceptors (Lipinski definition) is 5. The van der Waals surface area contributed by atoms with Crippen LogP contribution in [0.25, 0.3) is 0 Å². The molecule has 0 atom stereocenters. The summed E-state index contributed by atoms with van der Waals surface area (Å²) in [6.45, 7) is 6.40. The Morgan fingerprint density at radius 1 is 1.35 bits per heavy atom. The van der Waals surface area contributed by atoms with Crippen LogP contribution in [0.2, 0.25) is 5.02 Å². The van der Waals surface area contributed by atoms with Gasteiger partial charge in [0.15, 0.2) is 5.69 Å². The van der Waals surface area contributed by atoms with E-state index in [1.54, 1.807) is 0 Å². The second-order valence-electron chi connectivity index (χ2n) is 6.36. The molecule has 0 radical (unpaired) electrons. The topological polar surface area (TPSA) is 67.3 Å². The summed E-state index contributed by atoms with van der Waals surface area (Å²) in [4.78, 5) is 23.5. The predicted molar refractivity (Wildman–Crippen MR) is 103 cm³/mol. The smallest absolute Gasteiger partial charge is 0.276 e. The van der Waals surface area contributed by atoms with Crippen LogP contribution in [0.15, 0.2) is 24.4 Å². The maximum Gasteiger partial charge on any atom is 0.276 e. The lowest BCUT2D eigenvalue weighted by Gasteiger charge is -2.16. The van der Waals surface area contributed by atoms with Crippen LogP contribution in [0.5, 0.6) is 5.75 Å². The lowest BCUT2D eigenvalue weighted by molar-refractivity contribution is 0.102. The number of aromatic nitrogens is 2. The molecule has 1 aromatic carbocycles. The summed E-state index contributed by atoms with van der Waals surface area (Å²) in [5.74, 6) is 0.816. The zero-order valence-corrected chi connectivity index (χ0v) is 15.8. The molecule has 138 valence electrons. The van der Waals surface area contributed by atoms with E-state index in [0.717, 1.165) is 37.9 Å². The second-order valence-corrected chi connectivity index (χ2v) is 6.77. The second kappa shape index (κ2) is 8.36. The van der Waals surface area contributed by atoms with E-state index in [1.807, 2.05) is 32.0 Å². The fourth-order valence-electron chi connectivity index (χ4n) is 2.83. The van der Waals surface area contributed by atoms with E-state index in [2.05, 4.69) is 20.2 Å². The summed E-state index contributed by atoms with van der Waals surface area (Å²) in [5.41, 5.74) is 1.84. The number of carbonyl (C=O) groups is 1. The van der Waals surface area contributed by atoms with Gasteiger partial charge >= 0.3 is 0 Å². The highest BCUT2D eigenvalue weighted by molar-refractivity contribution is 6.34. The number of amides is 1. The fraction of sp³-hybridized carbons (Fsp3) is 0.421. The molecular formula is C19H23ClN4O2. The minimum atomic E-state index is -0.372. The minimum Gasteiger partial charge on any atom is -0.491 e. The van der Waals surface area contributed by atoms with Crippen molar-refractivity contribution in [1.82, 2.24) is 9.97 Å². The maximum absolute atomic E-state index is 12.8. The average Bonchev–Trinajstić information content (AvgIpc) is 3.17. The number of ether oxygens (including phenoxy) is 1. The first-order valence-electron chi connectivity index (χ1n) is 8.90. The van der Waals surface area contributed by atoms with Crippen molar-refractivity contribution in [2.45, 2.75) is 33.1 Å². The molecular weight excluding hydrogens is 352 g/mol. The molecule has 2 aromatic rings. The van der Waals surface area contributed by atoms with E-state index in [4.69, 9.17) is 16.3 Å². The van der Waals surface area contributed by atoms with E-state index in [9.17, 15) is 4.79 Å². The Morgan fingerprint density at radius 2 is 2.12 bits per heavy atom. The van der Waals surface area contributed by atoms with E-state index >= 15 is 0 Å². The Labute approximate surface area is 158 Å². The molecule has 1 aromatic heterocycles. The van der Waals surface area contributed by atoms with Crippen LogP contribution in [0.1, 0.15) is 42.2 Å². The van der Waals surface area contributed by atoms with Gasteiger partial charge in [-0.05, 0) is 43.9 Å². The van der Waals surface area contributed by atoms with E-state index in [-0.39, 0.29) is 16.6 Å². The summed E-state index contributed by atoms with van der Waals surface area (Å²) < 4.78 is 5.75. The van der Waals surface area contributed by atoms with Gasteiger partial charge < -0.3 is 15.0 Å². The molecule has 0 unspecified atom stereocenters. The Balaban J connectivity index is 1.83. The van der Waals surface area contributed by atoms with Crippen molar-refractivity contribution in [2.75, 3.05) is 29.9 Å². The molecule has 2 heterocycles. The number of carbonyl (C=O) groups excluding carboxylic acids is 1. The minimum absolute atomic E-state index is 0.172. The van der Waals surface area contributed by atoms with E-state index in [1.165, 1.54) is 6.20 Å². The van der Waals surface area contributed by atoms with Crippen molar-refractivity contribution < 1.29 is 9.53 Å². The summed E-state index contributed by atoms with van der Waals surface area (Å²) in [5, 5.41) is 3.09. The van der Waals surface area contributed by atoms with Gasteiger partial charge in [0.2, 0.25) is 5.95 Å². The van der Waals surface area contributed by atoms with Gasteiger partial charge in [0.05, 0.1) is 23.5 Å². The Kier molecular flexibility index (Phi) is 5.93. The number of nitrogens with one attached hydrogen (secondary N) is 1. The Hall–Kier alpha value is -2.34. The van der Waals surface area contributed by atoms with Crippen molar-refractivity contribution >= 4 is 29.1 Å². The van der Waals surface area contributed by atoms with Crippen molar-refractivity contribution in [3.05, 3.63) is 40.7 Å². The molecule has 3 rings (SSSR count). The van der Waals surface area contributed by atoms with Crippen LogP contribution in [-0.4, -0.2) is 35.6 Å². The summed E-state index contributed by atoms with van der Waals surface area (Å²) in [7, 11) is 0. The van der Waals surface area contributed by atoms with Gasteiger partial charge in [-0.25, -0.2) is 9.97 Å². The SMILES string of the molecule is CCCOc1cc(C)ccc1NC(=O)c1nc(N2CCCC2)ncc1Cl. The van der Waals surface area contributed by atoms with E-state index in [0.29, 0.717) is 24.0 Å². The lowest BCUT2D eigenvalue weighted by atomic mass is 10.2. The standard InChI is InChI=1S/C19H23ClN4O2/c1-3-10-26-16-11-13(2)6-7-15(16)22-18(25)17-14(20)12-21-19(23-17)24-8-4-5-9-24/h6-7,11-12H,3-5,8-10H2,1-2H3,(H,22,25). The zero-order chi connectivity index (χ0) is 18.5. The molecule has 1 amide bonds. The molecule has 0 bridgehead atoms. The average molecular weight is 375 g/mol. The molecule has 7 heteroatoms. The third-order valence-electron chi connectivity index (χ3n) is 4.18. The molecule has 0 saturated carbocycles. The number of anilines is 2. The molecule has 0 aliphatic carbocycles. The normalized spacial score (nSPS) is 13.7. The Morgan fingerprint density at radius 3 is 2.85 bits per heavy atom. The number of aryl methyl sites for hydroxylation is 1. The zero-order valence-electron chi connectivity index (χ0n) is 15.1. The lowest BCUT2D eigenvalue weighted by Crippen LogP contribution is -2.23. The van der Waals surface area contributed by atoms with Crippen molar-refractivity contribution in [3.8, 4) is 5.75 Å². The van der Waals surface area contributed by atoms with Gasteiger partial charge in [0, 0.05) is 13.1 Å². The summed E-state index contributed by atoms with van der Waals surface area (Å²) >= 11 is 6.18. The highest BCUT2D eigenvalue weighted by atomic mass is 35.5. The number of hydrogen-bond donors (Lipinski definition) is 1. The van der Waals surface area contributed by atoms with Gasteiger partial charge in [-0.1, -0.05) is 24.6 Å². The molecule has 1 aliphatic heterocycles. The highest BCUT2D eigenvalue weighted by Crippen LogP contribution is 2.27. The highest BCUT2D eigenvalue weighted by Gasteiger charge is 2.20. The monoisotopic (exact) mass is 374 g/mol. The quantitative estimate of drug-likeness (QED) is 0.825. The molecule has 1 aliphatic rings. The number of benzene rings is 1. The third kappa shape index (κ3) is 4.25. The van der Waals surface area contributed by atoms with E-state index < -0.39 is 0 Å². The number of halogens is 1. The van der Waals surface area contributed by atoms with Crippen LogP contribution in [-0.2, 0) is 0 Å².